The molecule has 0 saturated carbocycles. The van der Waals surface area contributed by atoms with E-state index in [2.05, 4.69) is 15.3 Å². The first-order valence-electron chi connectivity index (χ1n) is 8.23. The molecule has 0 unspecified atom stereocenters. The number of nitrogens with one attached hydrogen (secondary N) is 1. The van der Waals surface area contributed by atoms with Crippen LogP contribution in [-0.4, -0.2) is 32.0 Å². The lowest BCUT2D eigenvalue weighted by Crippen LogP contribution is -2.25. The molecule has 1 amide bonds. The van der Waals surface area contributed by atoms with Crippen molar-refractivity contribution >= 4 is 28.4 Å². The van der Waals surface area contributed by atoms with E-state index in [4.69, 9.17) is 4.98 Å². The summed E-state index contributed by atoms with van der Waals surface area (Å²) in [6.07, 6.45) is 8.86. The van der Waals surface area contributed by atoms with Crippen LogP contribution in [-0.2, 0) is 26.3 Å². The fourth-order valence-electron chi connectivity index (χ4n) is 3.04. The quantitative estimate of drug-likeness (QED) is 0.790. The van der Waals surface area contributed by atoms with Gasteiger partial charge in [0.25, 0.3) is 5.91 Å². The van der Waals surface area contributed by atoms with Gasteiger partial charge in [-0.15, -0.1) is 11.3 Å². The van der Waals surface area contributed by atoms with Crippen molar-refractivity contribution in [2.45, 2.75) is 32.1 Å². The highest BCUT2D eigenvalue weighted by atomic mass is 32.1. The maximum atomic E-state index is 12.3. The van der Waals surface area contributed by atoms with Gasteiger partial charge in [-0.25, -0.2) is 15.0 Å². The second-order valence-corrected chi connectivity index (χ2v) is 7.28. The first-order valence-corrected chi connectivity index (χ1v) is 9.05. The molecule has 6 nitrogen and oxygen atoms in total. The zero-order valence-corrected chi connectivity index (χ0v) is 14.4. The third-order valence-corrected chi connectivity index (χ3v) is 5.55. The highest BCUT2D eigenvalue weighted by molar-refractivity contribution is 7.11. The number of aryl methyl sites for hydroxylation is 3. The number of fused-ring (bicyclic) bond motifs is 2. The summed E-state index contributed by atoms with van der Waals surface area (Å²) < 4.78 is 1.83. The Kier molecular flexibility index (Phi) is 4.02. The molecule has 4 rings (SSSR count). The van der Waals surface area contributed by atoms with Gasteiger partial charge in [0.2, 0.25) is 0 Å². The largest absolute Gasteiger partial charge is 0.352 e. The fraction of sp³-hybridized carbons (Fsp3) is 0.412. The average molecular weight is 341 g/mol. The summed E-state index contributed by atoms with van der Waals surface area (Å²) in [6, 6.07) is 1.78. The predicted octanol–water partition coefficient (Wildman–Crippen LogP) is 2.28. The molecule has 0 bridgehead atoms. The Morgan fingerprint density at radius 2 is 2.21 bits per heavy atom. The SMILES string of the molecule is Cn1cnc2cc(C(=O)NCCc3nc4c(s3)CCCC4)cnc21. The zero-order valence-electron chi connectivity index (χ0n) is 13.6. The van der Waals surface area contributed by atoms with E-state index in [1.807, 2.05) is 11.6 Å². The molecular weight excluding hydrogens is 322 g/mol. The van der Waals surface area contributed by atoms with Gasteiger partial charge in [-0.2, -0.15) is 0 Å². The fourth-order valence-corrected chi connectivity index (χ4v) is 4.19. The zero-order chi connectivity index (χ0) is 16.5. The number of nitrogens with zero attached hydrogens (tertiary/aromatic N) is 4. The predicted molar refractivity (Wildman–Crippen MR) is 93.3 cm³/mol. The third kappa shape index (κ3) is 2.91. The number of amides is 1. The van der Waals surface area contributed by atoms with Gasteiger partial charge in [0, 0.05) is 31.1 Å². The monoisotopic (exact) mass is 341 g/mol. The Bertz CT molecular complexity index is 874. The van der Waals surface area contributed by atoms with Crippen molar-refractivity contribution in [2.24, 2.45) is 7.05 Å². The van der Waals surface area contributed by atoms with Crippen molar-refractivity contribution in [2.75, 3.05) is 6.54 Å². The number of rotatable bonds is 4. The molecule has 1 aliphatic rings. The van der Waals surface area contributed by atoms with Gasteiger partial charge in [-0.1, -0.05) is 0 Å². The summed E-state index contributed by atoms with van der Waals surface area (Å²) >= 11 is 1.80. The minimum Gasteiger partial charge on any atom is -0.352 e. The Morgan fingerprint density at radius 1 is 1.33 bits per heavy atom. The summed E-state index contributed by atoms with van der Waals surface area (Å²) in [5.74, 6) is -0.114. The molecule has 7 heteroatoms. The highest BCUT2D eigenvalue weighted by Gasteiger charge is 2.15. The number of hydrogen-bond acceptors (Lipinski definition) is 5. The number of thiazole rings is 1. The number of carbonyl (C=O) groups is 1. The molecule has 1 N–H and O–H groups in total. The molecule has 24 heavy (non-hydrogen) atoms. The molecule has 0 aliphatic heterocycles. The minimum atomic E-state index is -0.114. The van der Waals surface area contributed by atoms with Crippen molar-refractivity contribution in [3.63, 3.8) is 0 Å². The van der Waals surface area contributed by atoms with E-state index in [9.17, 15) is 4.79 Å². The first kappa shape index (κ1) is 15.3. The van der Waals surface area contributed by atoms with Crippen molar-refractivity contribution < 1.29 is 4.79 Å². The number of pyridine rings is 1. The Morgan fingerprint density at radius 3 is 3.08 bits per heavy atom. The second kappa shape index (κ2) is 6.32. The van der Waals surface area contributed by atoms with Gasteiger partial charge in [-0.3, -0.25) is 4.79 Å². The normalized spacial score (nSPS) is 13.9. The van der Waals surface area contributed by atoms with E-state index in [0.717, 1.165) is 35.4 Å². The molecule has 3 heterocycles. The van der Waals surface area contributed by atoms with Crippen molar-refractivity contribution in [1.29, 1.82) is 0 Å². The number of hydrogen-bond donors (Lipinski definition) is 1. The molecule has 0 fully saturated rings. The van der Waals surface area contributed by atoms with Crippen LogP contribution in [0.4, 0.5) is 0 Å². The Hall–Kier alpha value is -2.28. The van der Waals surface area contributed by atoms with E-state index in [1.54, 1.807) is 29.9 Å². The summed E-state index contributed by atoms with van der Waals surface area (Å²) in [5.41, 5.74) is 3.33. The molecule has 124 valence electrons. The minimum absolute atomic E-state index is 0.114. The third-order valence-electron chi connectivity index (χ3n) is 4.33. The van der Waals surface area contributed by atoms with Crippen LogP contribution >= 0.6 is 11.3 Å². The van der Waals surface area contributed by atoms with Gasteiger partial charge >= 0.3 is 0 Å². The van der Waals surface area contributed by atoms with Gasteiger partial charge in [-0.05, 0) is 31.7 Å². The van der Waals surface area contributed by atoms with Crippen molar-refractivity contribution in [3.8, 4) is 0 Å². The van der Waals surface area contributed by atoms with Crippen LogP contribution < -0.4 is 5.32 Å². The van der Waals surface area contributed by atoms with E-state index < -0.39 is 0 Å². The van der Waals surface area contributed by atoms with Crippen LogP contribution in [0.2, 0.25) is 0 Å². The van der Waals surface area contributed by atoms with Gasteiger partial charge in [0.1, 0.15) is 5.52 Å². The summed E-state index contributed by atoms with van der Waals surface area (Å²) in [5, 5.41) is 4.08. The van der Waals surface area contributed by atoms with E-state index in [-0.39, 0.29) is 5.91 Å². The van der Waals surface area contributed by atoms with Gasteiger partial charge in [0.15, 0.2) is 5.65 Å². The molecule has 0 aromatic carbocycles. The summed E-state index contributed by atoms with van der Waals surface area (Å²) in [6.45, 7) is 0.589. The van der Waals surface area contributed by atoms with Gasteiger partial charge in [0.05, 0.1) is 22.6 Å². The molecular formula is C17H19N5OS. The lowest BCUT2D eigenvalue weighted by molar-refractivity contribution is 0.0954. The van der Waals surface area contributed by atoms with Crippen LogP contribution in [0.15, 0.2) is 18.6 Å². The first-order chi connectivity index (χ1) is 11.7. The Labute approximate surface area is 144 Å². The number of imidazole rings is 1. The smallest absolute Gasteiger partial charge is 0.252 e. The van der Waals surface area contributed by atoms with Crippen LogP contribution in [0.25, 0.3) is 11.2 Å². The highest BCUT2D eigenvalue weighted by Crippen LogP contribution is 2.26. The van der Waals surface area contributed by atoms with Crippen LogP contribution in [0, 0.1) is 0 Å². The topological polar surface area (TPSA) is 72.7 Å². The van der Waals surface area contributed by atoms with Crippen LogP contribution in [0.1, 0.15) is 38.8 Å². The average Bonchev–Trinajstić information content (AvgIpc) is 3.17. The van der Waals surface area contributed by atoms with E-state index >= 15 is 0 Å². The van der Waals surface area contributed by atoms with Gasteiger partial charge < -0.3 is 9.88 Å². The Balaban J connectivity index is 1.37. The number of aromatic nitrogens is 4. The van der Waals surface area contributed by atoms with E-state index in [0.29, 0.717) is 12.1 Å². The lowest BCUT2D eigenvalue weighted by Gasteiger charge is -2.06. The number of carbonyl (C=O) groups excluding carboxylic acids is 1. The maximum Gasteiger partial charge on any atom is 0.252 e. The summed E-state index contributed by atoms with van der Waals surface area (Å²) in [4.78, 5) is 27.0. The van der Waals surface area contributed by atoms with Crippen molar-refractivity contribution in [1.82, 2.24) is 24.8 Å². The summed E-state index contributed by atoms with van der Waals surface area (Å²) in [7, 11) is 1.88. The second-order valence-electron chi connectivity index (χ2n) is 6.11. The molecule has 3 aromatic heterocycles. The molecule has 0 spiro atoms. The molecule has 0 saturated heterocycles. The maximum absolute atomic E-state index is 12.3. The van der Waals surface area contributed by atoms with E-state index in [1.165, 1.54) is 23.4 Å². The molecule has 3 aromatic rings. The molecule has 0 atom stereocenters. The molecule has 1 aliphatic carbocycles. The van der Waals surface area contributed by atoms with Crippen LogP contribution in [0.5, 0.6) is 0 Å². The van der Waals surface area contributed by atoms with Crippen molar-refractivity contribution in [3.05, 3.63) is 39.7 Å². The van der Waals surface area contributed by atoms with Crippen LogP contribution in [0.3, 0.4) is 0 Å². The lowest BCUT2D eigenvalue weighted by atomic mass is 10.0. The molecule has 0 radical (unpaired) electrons. The standard InChI is InChI=1S/C17H19N5OS/c1-22-10-20-13-8-11(9-19-16(13)22)17(23)18-7-6-15-21-12-4-2-3-5-14(12)24-15/h8-10H,2-7H2,1H3,(H,18,23).